The summed E-state index contributed by atoms with van der Waals surface area (Å²) >= 11 is 1.86. The van der Waals surface area contributed by atoms with Gasteiger partial charge < -0.3 is 9.32 Å². The van der Waals surface area contributed by atoms with E-state index in [0.29, 0.717) is 0 Å². The molecule has 0 radical (unpaired) electrons. The van der Waals surface area contributed by atoms with Crippen molar-refractivity contribution in [1.29, 1.82) is 0 Å². The second-order valence-electron chi connectivity index (χ2n) is 9.39. The monoisotopic (exact) mass is 491 g/mol. The number of benzene rings is 6. The summed E-state index contributed by atoms with van der Waals surface area (Å²) in [6.45, 7) is 0. The highest BCUT2D eigenvalue weighted by Gasteiger charge is 2.17. The first-order valence-corrected chi connectivity index (χ1v) is 13.3. The summed E-state index contributed by atoms with van der Waals surface area (Å²) in [5.41, 5.74) is 5.18. The Morgan fingerprint density at radius 1 is 0.459 bits per heavy atom. The van der Waals surface area contributed by atoms with E-state index in [1.54, 1.807) is 0 Å². The molecule has 0 saturated heterocycles. The van der Waals surface area contributed by atoms with Gasteiger partial charge in [0, 0.05) is 48.0 Å². The molecule has 8 aromatic rings. The Bertz CT molecular complexity index is 2100. The number of thiophene rings is 1. The summed E-state index contributed by atoms with van der Waals surface area (Å²) < 4.78 is 8.77. The standard InChI is InChI=1S/C34H21NOS/c1-2-8-23(9-3-1)35(25-17-18-31-29(21-25)26-10-4-6-12-30(26)36-31)24-16-14-22-15-19-33-34(28(22)20-24)27-11-5-7-13-32(27)37-33/h1-21H. The Morgan fingerprint density at radius 2 is 1.14 bits per heavy atom. The van der Waals surface area contributed by atoms with Crippen molar-refractivity contribution in [1.82, 2.24) is 0 Å². The van der Waals surface area contributed by atoms with Gasteiger partial charge in [0.15, 0.2) is 0 Å². The first-order chi connectivity index (χ1) is 18.3. The zero-order valence-corrected chi connectivity index (χ0v) is 20.7. The topological polar surface area (TPSA) is 16.4 Å². The van der Waals surface area contributed by atoms with Crippen LogP contribution in [-0.4, -0.2) is 0 Å². The van der Waals surface area contributed by atoms with E-state index in [4.69, 9.17) is 4.42 Å². The second-order valence-corrected chi connectivity index (χ2v) is 10.5. The summed E-state index contributed by atoms with van der Waals surface area (Å²) in [5.74, 6) is 0. The number of anilines is 3. The molecule has 0 saturated carbocycles. The van der Waals surface area contributed by atoms with Crippen molar-refractivity contribution >= 4 is 81.3 Å². The molecule has 8 rings (SSSR count). The SMILES string of the molecule is c1ccc(N(c2ccc3oc4ccccc4c3c2)c2ccc3ccc4sc5ccccc5c4c3c2)cc1. The molecule has 0 fully saturated rings. The van der Waals surface area contributed by atoms with Gasteiger partial charge in [-0.05, 0) is 71.4 Å². The van der Waals surface area contributed by atoms with Crippen molar-refractivity contribution < 1.29 is 4.42 Å². The molecule has 0 amide bonds. The molecule has 0 aliphatic heterocycles. The fourth-order valence-electron chi connectivity index (χ4n) is 5.55. The smallest absolute Gasteiger partial charge is 0.135 e. The molecule has 0 aliphatic carbocycles. The third-order valence-corrected chi connectivity index (χ3v) is 8.37. The van der Waals surface area contributed by atoms with Gasteiger partial charge in [-0.1, -0.05) is 66.7 Å². The van der Waals surface area contributed by atoms with Crippen LogP contribution in [-0.2, 0) is 0 Å². The van der Waals surface area contributed by atoms with E-state index in [2.05, 4.69) is 120 Å². The minimum absolute atomic E-state index is 0.905. The number of hydrogen-bond donors (Lipinski definition) is 0. The molecule has 0 spiro atoms. The Kier molecular flexibility index (Phi) is 4.42. The molecular weight excluding hydrogens is 470 g/mol. The molecule has 0 bridgehead atoms. The highest BCUT2D eigenvalue weighted by Crippen LogP contribution is 2.43. The first kappa shape index (κ1) is 20.6. The van der Waals surface area contributed by atoms with Crippen molar-refractivity contribution in [2.24, 2.45) is 0 Å². The van der Waals surface area contributed by atoms with Gasteiger partial charge in [-0.3, -0.25) is 0 Å². The molecule has 0 N–H and O–H groups in total. The van der Waals surface area contributed by atoms with Crippen LogP contribution in [0.25, 0.3) is 52.9 Å². The van der Waals surface area contributed by atoms with Crippen LogP contribution in [0.1, 0.15) is 0 Å². The van der Waals surface area contributed by atoms with Crippen LogP contribution in [0.5, 0.6) is 0 Å². The molecule has 2 nitrogen and oxygen atoms in total. The average Bonchev–Trinajstić information content (AvgIpc) is 3.52. The predicted molar refractivity (Wildman–Crippen MR) is 159 cm³/mol. The zero-order chi connectivity index (χ0) is 24.3. The van der Waals surface area contributed by atoms with Gasteiger partial charge >= 0.3 is 0 Å². The van der Waals surface area contributed by atoms with Crippen LogP contribution >= 0.6 is 11.3 Å². The van der Waals surface area contributed by atoms with Crippen LogP contribution in [0, 0.1) is 0 Å². The lowest BCUT2D eigenvalue weighted by atomic mass is 10.0. The summed E-state index contributed by atoms with van der Waals surface area (Å²) in [6, 6.07) is 45.4. The highest BCUT2D eigenvalue weighted by molar-refractivity contribution is 7.26. The molecule has 0 aliphatic rings. The molecule has 3 heteroatoms. The maximum Gasteiger partial charge on any atom is 0.135 e. The Balaban J connectivity index is 1.40. The Labute approximate surface area is 217 Å². The number of nitrogens with zero attached hydrogens (tertiary/aromatic N) is 1. The molecule has 37 heavy (non-hydrogen) atoms. The molecule has 6 aromatic carbocycles. The van der Waals surface area contributed by atoms with Gasteiger partial charge in [0.25, 0.3) is 0 Å². The lowest BCUT2D eigenvalue weighted by Crippen LogP contribution is -2.09. The van der Waals surface area contributed by atoms with Gasteiger partial charge in [0.2, 0.25) is 0 Å². The first-order valence-electron chi connectivity index (χ1n) is 12.4. The summed E-state index contributed by atoms with van der Waals surface area (Å²) in [6.07, 6.45) is 0. The van der Waals surface area contributed by atoms with E-state index in [1.807, 2.05) is 23.5 Å². The number of para-hydroxylation sites is 2. The number of furan rings is 1. The Morgan fingerprint density at radius 3 is 2.03 bits per heavy atom. The quantitative estimate of drug-likeness (QED) is 0.244. The van der Waals surface area contributed by atoms with Crippen molar-refractivity contribution in [2.45, 2.75) is 0 Å². The average molecular weight is 492 g/mol. The van der Waals surface area contributed by atoms with Crippen LogP contribution in [0.15, 0.2) is 132 Å². The van der Waals surface area contributed by atoms with E-state index in [-0.39, 0.29) is 0 Å². The van der Waals surface area contributed by atoms with Crippen LogP contribution in [0.3, 0.4) is 0 Å². The highest BCUT2D eigenvalue weighted by atomic mass is 32.1. The maximum absolute atomic E-state index is 6.12. The number of fused-ring (bicyclic) bond motifs is 8. The van der Waals surface area contributed by atoms with Gasteiger partial charge in [-0.2, -0.15) is 0 Å². The van der Waals surface area contributed by atoms with Gasteiger partial charge in [-0.25, -0.2) is 0 Å². The predicted octanol–water partition coefficient (Wildman–Crippen LogP) is 10.6. The summed E-state index contributed by atoms with van der Waals surface area (Å²) in [4.78, 5) is 2.34. The number of rotatable bonds is 3. The van der Waals surface area contributed by atoms with E-state index < -0.39 is 0 Å². The van der Waals surface area contributed by atoms with Crippen molar-refractivity contribution in [3.63, 3.8) is 0 Å². The van der Waals surface area contributed by atoms with Crippen molar-refractivity contribution in [2.75, 3.05) is 4.90 Å². The van der Waals surface area contributed by atoms with Crippen molar-refractivity contribution in [3.05, 3.63) is 127 Å². The molecule has 0 atom stereocenters. The second kappa shape index (κ2) is 7.95. The number of hydrogen-bond acceptors (Lipinski definition) is 3. The largest absolute Gasteiger partial charge is 0.456 e. The third kappa shape index (κ3) is 3.18. The van der Waals surface area contributed by atoms with E-state index in [1.165, 1.54) is 30.9 Å². The summed E-state index contributed by atoms with van der Waals surface area (Å²) in [5, 5.41) is 7.46. The molecule has 2 heterocycles. The lowest BCUT2D eigenvalue weighted by Gasteiger charge is -2.26. The molecule has 2 aromatic heterocycles. The van der Waals surface area contributed by atoms with Crippen LogP contribution in [0.4, 0.5) is 17.1 Å². The fourth-order valence-corrected chi connectivity index (χ4v) is 6.67. The maximum atomic E-state index is 6.12. The van der Waals surface area contributed by atoms with Gasteiger partial charge in [-0.15, -0.1) is 11.3 Å². The van der Waals surface area contributed by atoms with E-state index >= 15 is 0 Å². The third-order valence-electron chi connectivity index (χ3n) is 7.23. The summed E-state index contributed by atoms with van der Waals surface area (Å²) in [7, 11) is 0. The minimum Gasteiger partial charge on any atom is -0.456 e. The molecular formula is C34H21NOS. The Hall–Kier alpha value is -4.60. The minimum atomic E-state index is 0.905. The van der Waals surface area contributed by atoms with E-state index in [0.717, 1.165) is 39.0 Å². The zero-order valence-electron chi connectivity index (χ0n) is 19.9. The molecule has 174 valence electrons. The van der Waals surface area contributed by atoms with Gasteiger partial charge in [0.1, 0.15) is 11.2 Å². The van der Waals surface area contributed by atoms with Crippen molar-refractivity contribution in [3.8, 4) is 0 Å². The van der Waals surface area contributed by atoms with E-state index in [9.17, 15) is 0 Å². The lowest BCUT2D eigenvalue weighted by molar-refractivity contribution is 0.669. The van der Waals surface area contributed by atoms with Crippen LogP contribution < -0.4 is 4.90 Å². The molecule has 0 unspecified atom stereocenters. The normalized spacial score (nSPS) is 11.8. The van der Waals surface area contributed by atoms with Gasteiger partial charge in [0.05, 0.1) is 0 Å². The van der Waals surface area contributed by atoms with Crippen LogP contribution in [0.2, 0.25) is 0 Å². The fraction of sp³-hybridized carbons (Fsp3) is 0.